The number of rotatable bonds is 3. The molecule has 108 valence electrons. The number of hydrogen-bond donors (Lipinski definition) is 1. The first-order chi connectivity index (χ1) is 10.1. The molecule has 0 spiro atoms. The van der Waals surface area contributed by atoms with Crippen molar-refractivity contribution in [1.29, 1.82) is 0 Å². The summed E-state index contributed by atoms with van der Waals surface area (Å²) in [4.78, 5) is 0. The maximum Gasteiger partial charge on any atom is 0.185 e. The van der Waals surface area contributed by atoms with Crippen molar-refractivity contribution >= 4 is 27.1 Å². The Balaban J connectivity index is 1.92. The molecule has 0 aliphatic rings. The normalized spacial score (nSPS) is 11.0. The Morgan fingerprint density at radius 1 is 0.952 bits per heavy atom. The maximum atomic E-state index is 13.5. The Hall–Kier alpha value is -2.08. The summed E-state index contributed by atoms with van der Waals surface area (Å²) >= 11 is 1.49. The summed E-state index contributed by atoms with van der Waals surface area (Å²) in [6.45, 7) is 0.0702. The van der Waals surface area contributed by atoms with Crippen molar-refractivity contribution in [3.05, 3.63) is 64.5 Å². The van der Waals surface area contributed by atoms with Gasteiger partial charge in [-0.25, -0.2) is 17.6 Å². The predicted octanol–water partition coefficient (Wildman–Crippen LogP) is 5.07. The molecular weight excluding hydrogens is 302 g/mol. The van der Waals surface area contributed by atoms with E-state index in [2.05, 4.69) is 5.32 Å². The highest BCUT2D eigenvalue weighted by molar-refractivity contribution is 7.17. The van der Waals surface area contributed by atoms with Gasteiger partial charge in [0.25, 0.3) is 0 Å². The zero-order valence-corrected chi connectivity index (χ0v) is 11.4. The van der Waals surface area contributed by atoms with Crippen LogP contribution < -0.4 is 5.32 Å². The van der Waals surface area contributed by atoms with Crippen LogP contribution in [0.4, 0.5) is 23.2 Å². The molecule has 0 fully saturated rings. The molecule has 0 saturated carbocycles. The number of hydrogen-bond acceptors (Lipinski definition) is 2. The van der Waals surface area contributed by atoms with Gasteiger partial charge >= 0.3 is 0 Å². The number of anilines is 1. The van der Waals surface area contributed by atoms with Crippen LogP contribution in [0.2, 0.25) is 0 Å². The summed E-state index contributed by atoms with van der Waals surface area (Å²) < 4.78 is 54.4. The van der Waals surface area contributed by atoms with Crippen LogP contribution in [0.15, 0.2) is 35.7 Å². The van der Waals surface area contributed by atoms with E-state index in [-0.39, 0.29) is 12.6 Å². The van der Waals surface area contributed by atoms with Crippen molar-refractivity contribution in [2.45, 2.75) is 6.54 Å². The van der Waals surface area contributed by atoms with Gasteiger partial charge in [-0.05, 0) is 22.4 Å². The zero-order valence-electron chi connectivity index (χ0n) is 10.6. The van der Waals surface area contributed by atoms with E-state index in [1.807, 2.05) is 29.6 Å². The second-order valence-electron chi connectivity index (χ2n) is 4.45. The van der Waals surface area contributed by atoms with Gasteiger partial charge in [-0.15, -0.1) is 11.3 Å². The van der Waals surface area contributed by atoms with E-state index >= 15 is 0 Å². The van der Waals surface area contributed by atoms with E-state index in [0.717, 1.165) is 15.6 Å². The third kappa shape index (κ3) is 2.47. The Morgan fingerprint density at radius 2 is 1.62 bits per heavy atom. The molecule has 3 aromatic rings. The minimum Gasteiger partial charge on any atom is -0.376 e. The summed E-state index contributed by atoms with van der Waals surface area (Å²) in [6, 6.07) is 7.73. The smallest absolute Gasteiger partial charge is 0.185 e. The van der Waals surface area contributed by atoms with Crippen molar-refractivity contribution in [2.24, 2.45) is 0 Å². The van der Waals surface area contributed by atoms with Crippen LogP contribution in [0, 0.1) is 23.3 Å². The quantitative estimate of drug-likeness (QED) is 0.526. The third-order valence-electron chi connectivity index (χ3n) is 3.13. The van der Waals surface area contributed by atoms with Gasteiger partial charge in [-0.1, -0.05) is 18.2 Å². The summed E-state index contributed by atoms with van der Waals surface area (Å²) in [5.74, 6) is -5.69. The van der Waals surface area contributed by atoms with E-state index in [0.29, 0.717) is 0 Å². The standard InChI is InChI=1S/C15H9F4NS/c16-10-5-11(17)14(19)15(13(10)18)20-6-8-7-21-12-4-2-1-3-9(8)12/h1-5,7,20H,6H2. The second kappa shape index (κ2) is 5.37. The molecule has 1 heterocycles. The lowest BCUT2D eigenvalue weighted by Crippen LogP contribution is -2.07. The minimum absolute atomic E-state index is 0.0702. The van der Waals surface area contributed by atoms with Crippen LogP contribution in [-0.2, 0) is 6.54 Å². The fourth-order valence-corrected chi connectivity index (χ4v) is 3.04. The molecule has 1 N–H and O–H groups in total. The van der Waals surface area contributed by atoms with Crippen LogP contribution >= 0.6 is 11.3 Å². The SMILES string of the molecule is Fc1cc(F)c(F)c(NCc2csc3ccccc23)c1F. The average Bonchev–Trinajstić information content (AvgIpc) is 2.89. The molecule has 0 bridgehead atoms. The van der Waals surface area contributed by atoms with E-state index in [4.69, 9.17) is 0 Å². The number of thiophene rings is 1. The summed E-state index contributed by atoms with van der Waals surface area (Å²) in [5.41, 5.74) is 0.0156. The molecule has 1 aromatic heterocycles. The molecule has 6 heteroatoms. The fraction of sp³-hybridized carbons (Fsp3) is 0.0667. The van der Waals surface area contributed by atoms with Crippen molar-refractivity contribution in [3.8, 4) is 0 Å². The van der Waals surface area contributed by atoms with E-state index in [1.165, 1.54) is 11.3 Å². The Morgan fingerprint density at radius 3 is 2.33 bits per heavy atom. The Bertz CT molecular complexity index is 787. The summed E-state index contributed by atoms with van der Waals surface area (Å²) in [7, 11) is 0. The van der Waals surface area contributed by atoms with Gasteiger partial charge in [0.2, 0.25) is 0 Å². The molecule has 0 saturated heterocycles. The zero-order chi connectivity index (χ0) is 15.0. The molecular formula is C15H9F4NS. The average molecular weight is 311 g/mol. The highest BCUT2D eigenvalue weighted by Gasteiger charge is 2.19. The summed E-state index contributed by atoms with van der Waals surface area (Å²) in [6.07, 6.45) is 0. The summed E-state index contributed by atoms with van der Waals surface area (Å²) in [5, 5.41) is 5.21. The van der Waals surface area contributed by atoms with E-state index in [9.17, 15) is 17.6 Å². The number of halogens is 4. The first-order valence-corrected chi connectivity index (χ1v) is 6.98. The first kappa shape index (κ1) is 13.9. The van der Waals surface area contributed by atoms with Crippen LogP contribution in [0.3, 0.4) is 0 Å². The minimum atomic E-state index is -1.42. The van der Waals surface area contributed by atoms with E-state index < -0.39 is 29.0 Å². The molecule has 0 atom stereocenters. The van der Waals surface area contributed by atoms with E-state index in [1.54, 1.807) is 0 Å². The molecule has 0 unspecified atom stereocenters. The van der Waals surface area contributed by atoms with Crippen LogP contribution in [0.25, 0.3) is 10.1 Å². The monoisotopic (exact) mass is 311 g/mol. The van der Waals surface area contributed by atoms with Crippen LogP contribution in [0.1, 0.15) is 5.56 Å². The lowest BCUT2D eigenvalue weighted by Gasteiger charge is -2.09. The lowest BCUT2D eigenvalue weighted by atomic mass is 10.1. The number of benzene rings is 2. The van der Waals surface area contributed by atoms with Gasteiger partial charge in [-0.3, -0.25) is 0 Å². The Kier molecular flexibility index (Phi) is 3.55. The maximum absolute atomic E-state index is 13.5. The largest absolute Gasteiger partial charge is 0.376 e. The fourth-order valence-electron chi connectivity index (χ4n) is 2.08. The van der Waals surface area contributed by atoms with Gasteiger partial charge in [0.15, 0.2) is 23.3 Å². The molecule has 0 radical (unpaired) electrons. The van der Waals surface area contributed by atoms with Crippen molar-refractivity contribution in [1.82, 2.24) is 0 Å². The second-order valence-corrected chi connectivity index (χ2v) is 5.37. The van der Waals surface area contributed by atoms with Gasteiger partial charge in [0.05, 0.1) is 0 Å². The van der Waals surface area contributed by atoms with Crippen molar-refractivity contribution in [2.75, 3.05) is 5.32 Å². The van der Waals surface area contributed by atoms with Crippen LogP contribution in [0.5, 0.6) is 0 Å². The van der Waals surface area contributed by atoms with Gasteiger partial charge in [0.1, 0.15) is 5.69 Å². The van der Waals surface area contributed by atoms with Crippen molar-refractivity contribution in [3.63, 3.8) is 0 Å². The number of nitrogens with one attached hydrogen (secondary N) is 1. The predicted molar refractivity (Wildman–Crippen MR) is 75.4 cm³/mol. The topological polar surface area (TPSA) is 12.0 Å². The first-order valence-electron chi connectivity index (χ1n) is 6.10. The molecule has 2 aromatic carbocycles. The van der Waals surface area contributed by atoms with Gasteiger partial charge in [-0.2, -0.15) is 0 Å². The van der Waals surface area contributed by atoms with Gasteiger partial charge < -0.3 is 5.32 Å². The number of fused-ring (bicyclic) bond motifs is 1. The molecule has 21 heavy (non-hydrogen) atoms. The van der Waals surface area contributed by atoms with Crippen molar-refractivity contribution < 1.29 is 17.6 Å². The highest BCUT2D eigenvalue weighted by Crippen LogP contribution is 2.28. The molecule has 0 aliphatic heterocycles. The third-order valence-corrected chi connectivity index (χ3v) is 4.14. The molecule has 0 amide bonds. The molecule has 1 nitrogen and oxygen atoms in total. The van der Waals surface area contributed by atoms with Crippen LogP contribution in [-0.4, -0.2) is 0 Å². The Labute approximate surface area is 121 Å². The molecule has 0 aliphatic carbocycles. The highest BCUT2D eigenvalue weighted by atomic mass is 32.1. The molecule has 3 rings (SSSR count). The van der Waals surface area contributed by atoms with Gasteiger partial charge in [0, 0.05) is 17.3 Å². The lowest BCUT2D eigenvalue weighted by molar-refractivity contribution is 0.458.